The van der Waals surface area contributed by atoms with Crippen molar-refractivity contribution >= 4 is 23.8 Å². The second kappa shape index (κ2) is 4.88. The Bertz CT molecular complexity index is 439. The molecule has 0 saturated heterocycles. The van der Waals surface area contributed by atoms with Crippen LogP contribution >= 0.6 is 0 Å². The Hall–Kier alpha value is -2.19. The molecule has 0 unspecified atom stereocenters. The molecule has 1 N–H and O–H groups in total. The number of rotatable bonds is 3. The fourth-order valence-corrected chi connectivity index (χ4v) is 1.01. The maximum absolute atomic E-state index is 10.5. The number of carbonyl (C=O) groups is 1. The molecule has 0 spiro atoms. The van der Waals surface area contributed by atoms with Crippen LogP contribution in [-0.2, 0) is 9.59 Å². The van der Waals surface area contributed by atoms with Crippen LogP contribution in [0.15, 0.2) is 34.8 Å². The quantitative estimate of drug-likeness (QED) is 0.465. The summed E-state index contributed by atoms with van der Waals surface area (Å²) in [5, 5.41) is 8.64. The first kappa shape index (κ1) is 10.9. The van der Waals surface area contributed by atoms with Crippen molar-refractivity contribution in [1.82, 2.24) is 0 Å². The molecule has 0 aliphatic rings. The Morgan fingerprint density at radius 3 is 2.47 bits per heavy atom. The van der Waals surface area contributed by atoms with Crippen LogP contribution in [0.5, 0.6) is 0 Å². The summed E-state index contributed by atoms with van der Waals surface area (Å²) in [5.41, 5.74) is 1.50. The second-order valence-corrected chi connectivity index (χ2v) is 2.93. The molecule has 1 aromatic rings. The van der Waals surface area contributed by atoms with Gasteiger partial charge in [0.25, 0.3) is 0 Å². The highest BCUT2D eigenvalue weighted by Crippen LogP contribution is 2.14. The first-order chi connectivity index (χ1) is 7.13. The SMILES string of the molecule is CC(=Cc1ccc(N=C=O)cc1)C(=O)O. The van der Waals surface area contributed by atoms with E-state index in [0.29, 0.717) is 5.69 Å². The van der Waals surface area contributed by atoms with Crippen molar-refractivity contribution in [3.8, 4) is 0 Å². The highest BCUT2D eigenvalue weighted by Gasteiger charge is 1.99. The largest absolute Gasteiger partial charge is 0.478 e. The summed E-state index contributed by atoms with van der Waals surface area (Å²) in [5.74, 6) is -0.954. The van der Waals surface area contributed by atoms with Crippen LogP contribution in [-0.4, -0.2) is 17.2 Å². The monoisotopic (exact) mass is 203 g/mol. The van der Waals surface area contributed by atoms with E-state index in [0.717, 1.165) is 5.56 Å². The number of nitrogens with zero attached hydrogens (tertiary/aromatic N) is 1. The molecule has 15 heavy (non-hydrogen) atoms. The predicted molar refractivity (Wildman–Crippen MR) is 55.5 cm³/mol. The molecule has 0 aromatic heterocycles. The van der Waals surface area contributed by atoms with Gasteiger partial charge in [0.15, 0.2) is 0 Å². The van der Waals surface area contributed by atoms with E-state index in [1.165, 1.54) is 19.1 Å². The van der Waals surface area contributed by atoms with E-state index in [-0.39, 0.29) is 5.57 Å². The van der Waals surface area contributed by atoms with E-state index in [1.54, 1.807) is 24.3 Å². The maximum atomic E-state index is 10.5. The van der Waals surface area contributed by atoms with Crippen LogP contribution in [0.4, 0.5) is 5.69 Å². The molecule has 0 aliphatic carbocycles. The number of carbonyl (C=O) groups excluding carboxylic acids is 1. The third-order valence-electron chi connectivity index (χ3n) is 1.79. The van der Waals surface area contributed by atoms with E-state index in [2.05, 4.69) is 4.99 Å². The number of benzene rings is 1. The van der Waals surface area contributed by atoms with Crippen molar-refractivity contribution in [3.05, 3.63) is 35.4 Å². The van der Waals surface area contributed by atoms with Crippen molar-refractivity contribution in [2.45, 2.75) is 6.92 Å². The van der Waals surface area contributed by atoms with Gasteiger partial charge in [0.05, 0.1) is 5.69 Å². The van der Waals surface area contributed by atoms with E-state index < -0.39 is 5.97 Å². The molecule has 0 atom stereocenters. The molecule has 76 valence electrons. The molecule has 0 saturated carbocycles. The molecule has 0 bridgehead atoms. The summed E-state index contributed by atoms with van der Waals surface area (Å²) in [7, 11) is 0. The van der Waals surface area contributed by atoms with Crippen LogP contribution in [0.3, 0.4) is 0 Å². The molecule has 0 aliphatic heterocycles. The summed E-state index contributed by atoms with van der Waals surface area (Å²) < 4.78 is 0. The Balaban J connectivity index is 2.94. The molecule has 1 aromatic carbocycles. The third kappa shape index (κ3) is 3.21. The Morgan fingerprint density at radius 1 is 1.40 bits per heavy atom. The number of hydrogen-bond acceptors (Lipinski definition) is 3. The van der Waals surface area contributed by atoms with Crippen LogP contribution < -0.4 is 0 Å². The van der Waals surface area contributed by atoms with Gasteiger partial charge < -0.3 is 5.11 Å². The van der Waals surface area contributed by atoms with Gasteiger partial charge >= 0.3 is 5.97 Å². The molecule has 4 nitrogen and oxygen atoms in total. The summed E-state index contributed by atoms with van der Waals surface area (Å²) in [6, 6.07) is 6.60. The minimum atomic E-state index is -0.954. The first-order valence-electron chi connectivity index (χ1n) is 4.23. The van der Waals surface area contributed by atoms with Crippen molar-refractivity contribution in [1.29, 1.82) is 0 Å². The summed E-state index contributed by atoms with van der Waals surface area (Å²) in [4.78, 5) is 23.9. The van der Waals surface area contributed by atoms with Gasteiger partial charge in [-0.05, 0) is 30.7 Å². The molecule has 0 heterocycles. The standard InChI is InChI=1S/C11H9NO3/c1-8(11(14)15)6-9-2-4-10(5-3-9)12-7-13/h2-6H,1H3,(H,14,15). The zero-order chi connectivity index (χ0) is 11.3. The number of hydrogen-bond donors (Lipinski definition) is 1. The zero-order valence-corrected chi connectivity index (χ0v) is 8.10. The second-order valence-electron chi connectivity index (χ2n) is 2.93. The Labute approximate surface area is 86.6 Å². The summed E-state index contributed by atoms with van der Waals surface area (Å²) >= 11 is 0. The van der Waals surface area contributed by atoms with E-state index in [9.17, 15) is 9.59 Å². The van der Waals surface area contributed by atoms with Gasteiger partial charge in [-0.25, -0.2) is 9.59 Å². The first-order valence-corrected chi connectivity index (χ1v) is 4.23. The fourth-order valence-electron chi connectivity index (χ4n) is 1.01. The molecular formula is C11H9NO3. The van der Waals surface area contributed by atoms with Gasteiger partial charge in [-0.15, -0.1) is 0 Å². The van der Waals surface area contributed by atoms with Crippen molar-refractivity contribution in [2.24, 2.45) is 4.99 Å². The molecule has 4 heteroatoms. The highest BCUT2D eigenvalue weighted by atomic mass is 16.4. The lowest BCUT2D eigenvalue weighted by Crippen LogP contribution is -1.95. The van der Waals surface area contributed by atoms with Crippen LogP contribution in [0.2, 0.25) is 0 Å². The van der Waals surface area contributed by atoms with Gasteiger partial charge in [0.2, 0.25) is 6.08 Å². The Kier molecular flexibility index (Phi) is 3.55. The van der Waals surface area contributed by atoms with Gasteiger partial charge in [0.1, 0.15) is 0 Å². The summed E-state index contributed by atoms with van der Waals surface area (Å²) in [6.07, 6.45) is 2.97. The van der Waals surface area contributed by atoms with Gasteiger partial charge in [-0.1, -0.05) is 12.1 Å². The van der Waals surface area contributed by atoms with Crippen molar-refractivity contribution in [3.63, 3.8) is 0 Å². The van der Waals surface area contributed by atoms with Gasteiger partial charge in [0, 0.05) is 5.57 Å². The lowest BCUT2D eigenvalue weighted by atomic mass is 10.1. The van der Waals surface area contributed by atoms with E-state index in [4.69, 9.17) is 5.11 Å². The average Bonchev–Trinajstić information content (AvgIpc) is 2.21. The number of aliphatic imine (C=N–C) groups is 1. The molecule has 1 rings (SSSR count). The molecule has 0 amide bonds. The van der Waals surface area contributed by atoms with E-state index >= 15 is 0 Å². The van der Waals surface area contributed by atoms with Crippen LogP contribution in [0.25, 0.3) is 6.08 Å². The van der Waals surface area contributed by atoms with Gasteiger partial charge in [-0.3, -0.25) is 0 Å². The number of isocyanates is 1. The fraction of sp³-hybridized carbons (Fsp3) is 0.0909. The van der Waals surface area contributed by atoms with Gasteiger partial charge in [-0.2, -0.15) is 4.99 Å². The van der Waals surface area contributed by atoms with Crippen molar-refractivity contribution < 1.29 is 14.7 Å². The smallest absolute Gasteiger partial charge is 0.331 e. The predicted octanol–water partition coefficient (Wildman–Crippen LogP) is 2.14. The molecular weight excluding hydrogens is 194 g/mol. The van der Waals surface area contributed by atoms with E-state index in [1.807, 2.05) is 0 Å². The topological polar surface area (TPSA) is 66.7 Å². The van der Waals surface area contributed by atoms with Crippen molar-refractivity contribution in [2.75, 3.05) is 0 Å². The molecule has 0 radical (unpaired) electrons. The Morgan fingerprint density at radius 2 is 2.00 bits per heavy atom. The van der Waals surface area contributed by atoms with Crippen LogP contribution in [0.1, 0.15) is 12.5 Å². The molecule has 0 fully saturated rings. The minimum Gasteiger partial charge on any atom is -0.478 e. The lowest BCUT2D eigenvalue weighted by Gasteiger charge is -1.96. The number of aliphatic carboxylic acids is 1. The minimum absolute atomic E-state index is 0.252. The number of carboxylic acids is 1. The lowest BCUT2D eigenvalue weighted by molar-refractivity contribution is -0.132. The third-order valence-corrected chi connectivity index (χ3v) is 1.79. The maximum Gasteiger partial charge on any atom is 0.331 e. The van der Waals surface area contributed by atoms with Crippen LogP contribution in [0, 0.1) is 0 Å². The number of carboxylic acid groups (broad SMARTS) is 1. The summed E-state index contributed by atoms with van der Waals surface area (Å²) in [6.45, 7) is 1.51. The normalized spacial score (nSPS) is 10.6. The zero-order valence-electron chi connectivity index (χ0n) is 8.10. The highest BCUT2D eigenvalue weighted by molar-refractivity contribution is 5.91. The average molecular weight is 203 g/mol.